The Morgan fingerprint density at radius 1 is 1.22 bits per heavy atom. The molecule has 0 aromatic heterocycles. The molecule has 4 nitrogen and oxygen atoms in total. The maximum absolute atomic E-state index is 12.2. The molecule has 0 aromatic rings. The summed E-state index contributed by atoms with van der Waals surface area (Å²) in [6.45, 7) is 0. The average molecular weight is 271 g/mol. The van der Waals surface area contributed by atoms with Crippen LogP contribution in [-0.2, 0) is 9.59 Å². The normalized spacial score (nSPS) is 27.7. The molecule has 0 radical (unpaired) electrons. The molecule has 1 saturated carbocycles. The average Bonchev–Trinajstić information content (AvgIpc) is 2.69. The number of carbonyl (C=O) groups is 2. The van der Waals surface area contributed by atoms with Gasteiger partial charge in [0.1, 0.15) is 6.04 Å². The van der Waals surface area contributed by atoms with Crippen molar-refractivity contribution in [2.75, 3.05) is 11.5 Å². The number of aliphatic carboxylic acids is 1. The van der Waals surface area contributed by atoms with Gasteiger partial charge >= 0.3 is 5.97 Å². The van der Waals surface area contributed by atoms with E-state index in [0.717, 1.165) is 31.4 Å². The minimum absolute atomic E-state index is 0.0410. The topological polar surface area (TPSA) is 57.6 Å². The summed E-state index contributed by atoms with van der Waals surface area (Å²) >= 11 is 1.59. The van der Waals surface area contributed by atoms with Gasteiger partial charge in [-0.2, -0.15) is 11.8 Å². The van der Waals surface area contributed by atoms with Crippen molar-refractivity contribution < 1.29 is 14.7 Å². The Labute approximate surface area is 112 Å². The smallest absolute Gasteiger partial charge is 0.327 e. The van der Waals surface area contributed by atoms with Gasteiger partial charge in [-0.25, -0.2) is 4.79 Å². The van der Waals surface area contributed by atoms with Crippen LogP contribution in [0.3, 0.4) is 0 Å². The van der Waals surface area contributed by atoms with Gasteiger partial charge in [0.2, 0.25) is 5.91 Å². The molecule has 102 valence electrons. The van der Waals surface area contributed by atoms with E-state index >= 15 is 0 Å². The van der Waals surface area contributed by atoms with E-state index in [1.165, 1.54) is 12.8 Å². The van der Waals surface area contributed by atoms with Crippen LogP contribution in [0.1, 0.15) is 44.9 Å². The lowest BCUT2D eigenvalue weighted by molar-refractivity contribution is -0.151. The Morgan fingerprint density at radius 3 is 2.50 bits per heavy atom. The van der Waals surface area contributed by atoms with Crippen LogP contribution in [0.2, 0.25) is 0 Å². The van der Waals surface area contributed by atoms with Crippen LogP contribution < -0.4 is 0 Å². The lowest BCUT2D eigenvalue weighted by atomic mass is 10.0. The fourth-order valence-electron chi connectivity index (χ4n) is 2.92. The molecule has 1 aliphatic carbocycles. The first-order valence-electron chi connectivity index (χ1n) is 6.82. The molecule has 2 rings (SSSR count). The first-order chi connectivity index (χ1) is 8.70. The second-order valence-electron chi connectivity index (χ2n) is 5.13. The van der Waals surface area contributed by atoms with Crippen LogP contribution in [0.5, 0.6) is 0 Å². The van der Waals surface area contributed by atoms with Gasteiger partial charge in [0.25, 0.3) is 0 Å². The van der Waals surface area contributed by atoms with Gasteiger partial charge in [0.15, 0.2) is 0 Å². The van der Waals surface area contributed by atoms with E-state index in [-0.39, 0.29) is 11.9 Å². The van der Waals surface area contributed by atoms with Gasteiger partial charge in [0, 0.05) is 24.0 Å². The molecular weight excluding hydrogens is 250 g/mol. The number of hydrogen-bond donors (Lipinski definition) is 1. The third-order valence-electron chi connectivity index (χ3n) is 3.86. The minimum Gasteiger partial charge on any atom is -0.480 e. The van der Waals surface area contributed by atoms with Crippen molar-refractivity contribution >= 4 is 23.6 Å². The molecule has 1 amide bonds. The Bertz CT molecular complexity index is 313. The van der Waals surface area contributed by atoms with E-state index in [4.69, 9.17) is 0 Å². The van der Waals surface area contributed by atoms with E-state index in [0.29, 0.717) is 12.2 Å². The fraction of sp³-hybridized carbons (Fsp3) is 0.846. The second-order valence-corrected chi connectivity index (χ2v) is 6.28. The first-order valence-corrected chi connectivity index (χ1v) is 7.97. The Hall–Kier alpha value is -0.710. The molecule has 1 saturated heterocycles. The van der Waals surface area contributed by atoms with E-state index in [9.17, 15) is 14.7 Å². The number of carbonyl (C=O) groups excluding carboxylic acids is 1. The van der Waals surface area contributed by atoms with Crippen LogP contribution in [0.15, 0.2) is 0 Å². The predicted octanol–water partition coefficient (Wildman–Crippen LogP) is 2.13. The highest BCUT2D eigenvalue weighted by atomic mass is 32.2. The first kappa shape index (κ1) is 13.7. The van der Waals surface area contributed by atoms with E-state index in [2.05, 4.69) is 0 Å². The quantitative estimate of drug-likeness (QED) is 0.782. The Kier molecular flexibility index (Phi) is 4.92. The number of amides is 1. The summed E-state index contributed by atoms with van der Waals surface area (Å²) in [6, 6.07) is -0.465. The highest BCUT2D eigenvalue weighted by Crippen LogP contribution is 2.27. The molecule has 0 spiro atoms. The molecule has 5 heteroatoms. The second kappa shape index (κ2) is 6.45. The van der Waals surface area contributed by atoms with Crippen molar-refractivity contribution in [3.8, 4) is 0 Å². The molecular formula is C13H21NO3S. The summed E-state index contributed by atoms with van der Waals surface area (Å²) in [6.07, 6.45) is 7.10. The lowest BCUT2D eigenvalue weighted by Crippen LogP contribution is -2.51. The van der Waals surface area contributed by atoms with Crippen molar-refractivity contribution in [3.05, 3.63) is 0 Å². The lowest BCUT2D eigenvalue weighted by Gasteiger charge is -2.34. The maximum atomic E-state index is 12.2. The van der Waals surface area contributed by atoms with Crippen molar-refractivity contribution in [1.82, 2.24) is 4.90 Å². The molecule has 0 bridgehead atoms. The third-order valence-corrected chi connectivity index (χ3v) is 4.91. The molecule has 18 heavy (non-hydrogen) atoms. The van der Waals surface area contributed by atoms with Gasteiger partial charge in [0.05, 0.1) is 0 Å². The zero-order valence-corrected chi connectivity index (χ0v) is 11.5. The molecule has 1 heterocycles. The van der Waals surface area contributed by atoms with Gasteiger partial charge in [-0.15, -0.1) is 0 Å². The summed E-state index contributed by atoms with van der Waals surface area (Å²) in [4.78, 5) is 25.3. The summed E-state index contributed by atoms with van der Waals surface area (Å²) in [7, 11) is 0. The van der Waals surface area contributed by atoms with Crippen LogP contribution >= 0.6 is 11.8 Å². The molecule has 0 aromatic carbocycles. The molecule has 1 atom stereocenters. The van der Waals surface area contributed by atoms with Crippen LogP contribution in [0.25, 0.3) is 0 Å². The Morgan fingerprint density at radius 2 is 1.89 bits per heavy atom. The highest BCUT2D eigenvalue weighted by molar-refractivity contribution is 7.99. The summed E-state index contributed by atoms with van der Waals surface area (Å²) in [5.74, 6) is 0.491. The maximum Gasteiger partial charge on any atom is 0.327 e. The monoisotopic (exact) mass is 271 g/mol. The van der Waals surface area contributed by atoms with Gasteiger partial charge in [-0.3, -0.25) is 4.79 Å². The van der Waals surface area contributed by atoms with Gasteiger partial charge < -0.3 is 10.0 Å². The number of thioether (sulfide) groups is 1. The van der Waals surface area contributed by atoms with Gasteiger partial charge in [-0.05, 0) is 12.8 Å². The minimum atomic E-state index is -0.845. The molecule has 2 aliphatic rings. The van der Waals surface area contributed by atoms with Crippen molar-refractivity contribution in [1.29, 1.82) is 0 Å². The molecule has 1 aliphatic heterocycles. The summed E-state index contributed by atoms with van der Waals surface area (Å²) in [5.41, 5.74) is 0. The van der Waals surface area contributed by atoms with Crippen LogP contribution in [-0.4, -0.2) is 45.5 Å². The molecule has 1 unspecified atom stereocenters. The SMILES string of the molecule is O=C(O)C1CSCCC(=O)N1C1CCCCCC1. The number of hydrogen-bond acceptors (Lipinski definition) is 3. The van der Waals surface area contributed by atoms with Crippen molar-refractivity contribution in [2.45, 2.75) is 57.0 Å². The number of rotatable bonds is 2. The third kappa shape index (κ3) is 3.19. The highest BCUT2D eigenvalue weighted by Gasteiger charge is 2.36. The largest absolute Gasteiger partial charge is 0.480 e. The number of carboxylic acids is 1. The van der Waals surface area contributed by atoms with Crippen LogP contribution in [0, 0.1) is 0 Å². The summed E-state index contributed by atoms with van der Waals surface area (Å²) in [5, 5.41) is 9.35. The Balaban J connectivity index is 2.16. The van der Waals surface area contributed by atoms with E-state index < -0.39 is 12.0 Å². The predicted molar refractivity (Wildman–Crippen MR) is 71.7 cm³/mol. The zero-order valence-electron chi connectivity index (χ0n) is 10.6. The van der Waals surface area contributed by atoms with Crippen molar-refractivity contribution in [2.24, 2.45) is 0 Å². The fourth-order valence-corrected chi connectivity index (χ4v) is 3.93. The van der Waals surface area contributed by atoms with E-state index in [1.54, 1.807) is 16.7 Å². The number of carboxylic acid groups (broad SMARTS) is 1. The summed E-state index contributed by atoms with van der Waals surface area (Å²) < 4.78 is 0. The van der Waals surface area contributed by atoms with Crippen molar-refractivity contribution in [3.63, 3.8) is 0 Å². The molecule has 2 fully saturated rings. The standard InChI is InChI=1S/C13H21NO3S/c15-12-7-8-18-9-11(13(16)17)14(12)10-5-3-1-2-4-6-10/h10-11H,1-9H2,(H,16,17). The zero-order chi connectivity index (χ0) is 13.0. The van der Waals surface area contributed by atoms with E-state index in [1.807, 2.05) is 0 Å². The number of nitrogens with zero attached hydrogens (tertiary/aromatic N) is 1. The molecule has 1 N–H and O–H groups in total. The van der Waals surface area contributed by atoms with Gasteiger partial charge in [-0.1, -0.05) is 25.7 Å². The van der Waals surface area contributed by atoms with Crippen LogP contribution in [0.4, 0.5) is 0 Å².